The number of carbonyl (C=O) groups excluding carboxylic acids is 1. The van der Waals surface area contributed by atoms with Gasteiger partial charge >= 0.3 is 5.88 Å². The first-order valence-electron chi connectivity index (χ1n) is 6.89. The summed E-state index contributed by atoms with van der Waals surface area (Å²) in [5.41, 5.74) is 1.23. The summed E-state index contributed by atoms with van der Waals surface area (Å²) < 4.78 is 4.91. The zero-order chi connectivity index (χ0) is 15.8. The molecule has 6 heteroatoms. The van der Waals surface area contributed by atoms with E-state index < -0.39 is 4.92 Å². The molecule has 22 heavy (non-hydrogen) atoms. The number of hydrogen-bond donors (Lipinski definition) is 1. The number of hydrogen-bond acceptors (Lipinski definition) is 4. The van der Waals surface area contributed by atoms with Crippen molar-refractivity contribution in [3.8, 4) is 0 Å². The lowest BCUT2D eigenvalue weighted by molar-refractivity contribution is -0.402. The van der Waals surface area contributed by atoms with Crippen LogP contribution in [0.4, 0.5) is 5.88 Å². The monoisotopic (exact) mass is 300 g/mol. The number of carbonyl (C=O) groups is 1. The first-order valence-corrected chi connectivity index (χ1v) is 6.89. The molecule has 0 aliphatic heterocycles. The van der Waals surface area contributed by atoms with Crippen LogP contribution in [-0.2, 0) is 11.2 Å². The summed E-state index contributed by atoms with van der Waals surface area (Å²) in [6.07, 6.45) is 4.44. The van der Waals surface area contributed by atoms with Gasteiger partial charge in [0.25, 0.3) is 0 Å². The minimum absolute atomic E-state index is 0.257. The van der Waals surface area contributed by atoms with Gasteiger partial charge in [-0.25, -0.2) is 0 Å². The van der Waals surface area contributed by atoms with E-state index in [0.717, 1.165) is 12.8 Å². The van der Waals surface area contributed by atoms with E-state index in [1.807, 2.05) is 30.3 Å². The lowest BCUT2D eigenvalue weighted by atomic mass is 10.1. The largest absolute Gasteiger partial charge is 0.433 e. The van der Waals surface area contributed by atoms with Crippen LogP contribution in [0, 0.1) is 10.1 Å². The second-order valence-electron chi connectivity index (χ2n) is 4.65. The molecule has 0 aliphatic rings. The van der Waals surface area contributed by atoms with Crippen LogP contribution in [-0.4, -0.2) is 17.4 Å². The molecule has 2 aromatic rings. The third-order valence-electron chi connectivity index (χ3n) is 2.98. The van der Waals surface area contributed by atoms with Gasteiger partial charge in [0.15, 0.2) is 0 Å². The van der Waals surface area contributed by atoms with Crippen molar-refractivity contribution in [3.05, 3.63) is 70.0 Å². The SMILES string of the molecule is O=C(C=Cc1ccc([N+](=O)[O-])o1)NCCCc1ccccc1. The third-order valence-corrected chi connectivity index (χ3v) is 2.98. The number of nitrogens with one attached hydrogen (secondary N) is 1. The van der Waals surface area contributed by atoms with Gasteiger partial charge in [0, 0.05) is 12.6 Å². The molecule has 0 atom stereocenters. The molecule has 1 amide bonds. The van der Waals surface area contributed by atoms with Gasteiger partial charge in [-0.2, -0.15) is 0 Å². The lowest BCUT2D eigenvalue weighted by Gasteiger charge is -2.02. The Hall–Kier alpha value is -2.89. The van der Waals surface area contributed by atoms with Crippen molar-refractivity contribution < 1.29 is 14.1 Å². The Labute approximate surface area is 127 Å². The number of benzene rings is 1. The van der Waals surface area contributed by atoms with Crippen molar-refractivity contribution in [1.82, 2.24) is 5.32 Å². The summed E-state index contributed by atoms with van der Waals surface area (Å²) in [5.74, 6) is -0.332. The van der Waals surface area contributed by atoms with Crippen LogP contribution in [0.1, 0.15) is 17.7 Å². The van der Waals surface area contributed by atoms with Crippen molar-refractivity contribution >= 4 is 17.9 Å². The molecule has 114 valence electrons. The van der Waals surface area contributed by atoms with Crippen LogP contribution < -0.4 is 5.32 Å². The predicted octanol–water partition coefficient (Wildman–Crippen LogP) is 2.95. The molecule has 0 saturated heterocycles. The third kappa shape index (κ3) is 4.90. The number of aryl methyl sites for hydroxylation is 1. The molecule has 0 unspecified atom stereocenters. The fourth-order valence-corrected chi connectivity index (χ4v) is 1.90. The lowest BCUT2D eigenvalue weighted by Crippen LogP contribution is -2.22. The molecule has 6 nitrogen and oxygen atoms in total. The van der Waals surface area contributed by atoms with Crippen molar-refractivity contribution in [2.75, 3.05) is 6.54 Å². The van der Waals surface area contributed by atoms with Crippen molar-refractivity contribution in [3.63, 3.8) is 0 Å². The summed E-state index contributed by atoms with van der Waals surface area (Å²) in [7, 11) is 0. The second kappa shape index (κ2) is 7.78. The number of nitrogens with zero attached hydrogens (tertiary/aromatic N) is 1. The van der Waals surface area contributed by atoms with E-state index in [-0.39, 0.29) is 17.6 Å². The molecule has 0 aliphatic carbocycles. The smallest absolute Gasteiger partial charge is 0.401 e. The second-order valence-corrected chi connectivity index (χ2v) is 4.65. The molecule has 0 bridgehead atoms. The fraction of sp³-hybridized carbons (Fsp3) is 0.188. The van der Waals surface area contributed by atoms with Gasteiger partial charge in [-0.3, -0.25) is 14.9 Å². The zero-order valence-electron chi connectivity index (χ0n) is 11.9. The number of furan rings is 1. The Morgan fingerprint density at radius 1 is 1.23 bits per heavy atom. The molecule has 1 aromatic heterocycles. The summed E-state index contributed by atoms with van der Waals surface area (Å²) in [6.45, 7) is 0.566. The Balaban J connectivity index is 1.71. The van der Waals surface area contributed by atoms with Gasteiger partial charge in [-0.15, -0.1) is 0 Å². The topological polar surface area (TPSA) is 85.4 Å². The highest BCUT2D eigenvalue weighted by Gasteiger charge is 2.09. The van der Waals surface area contributed by atoms with Gasteiger partial charge < -0.3 is 9.73 Å². The Morgan fingerprint density at radius 2 is 2.00 bits per heavy atom. The van der Waals surface area contributed by atoms with Gasteiger partial charge in [0.1, 0.15) is 10.7 Å². The fourth-order valence-electron chi connectivity index (χ4n) is 1.90. The quantitative estimate of drug-likeness (QED) is 0.369. The van der Waals surface area contributed by atoms with Crippen LogP contribution in [0.5, 0.6) is 0 Å². The van der Waals surface area contributed by atoms with Crippen molar-refractivity contribution in [1.29, 1.82) is 0 Å². The maximum Gasteiger partial charge on any atom is 0.433 e. The van der Waals surface area contributed by atoms with Crippen LogP contribution in [0.3, 0.4) is 0 Å². The number of rotatable bonds is 7. The number of amides is 1. The van der Waals surface area contributed by atoms with E-state index in [1.165, 1.54) is 29.8 Å². The van der Waals surface area contributed by atoms with Crippen LogP contribution in [0.2, 0.25) is 0 Å². The van der Waals surface area contributed by atoms with E-state index in [9.17, 15) is 14.9 Å². The summed E-state index contributed by atoms with van der Waals surface area (Å²) in [6, 6.07) is 12.7. The van der Waals surface area contributed by atoms with Gasteiger partial charge in [-0.1, -0.05) is 30.3 Å². The van der Waals surface area contributed by atoms with Crippen LogP contribution in [0.15, 0.2) is 53.0 Å². The van der Waals surface area contributed by atoms with Crippen LogP contribution >= 0.6 is 0 Å². The maximum absolute atomic E-state index is 11.6. The molecular weight excluding hydrogens is 284 g/mol. The highest BCUT2D eigenvalue weighted by molar-refractivity contribution is 5.91. The minimum Gasteiger partial charge on any atom is -0.401 e. The summed E-state index contributed by atoms with van der Waals surface area (Å²) in [4.78, 5) is 21.4. The molecule has 0 spiro atoms. The Morgan fingerprint density at radius 3 is 2.68 bits per heavy atom. The van der Waals surface area contributed by atoms with Crippen molar-refractivity contribution in [2.24, 2.45) is 0 Å². The molecule has 2 rings (SSSR count). The normalized spacial score (nSPS) is 10.7. The van der Waals surface area contributed by atoms with E-state index in [0.29, 0.717) is 6.54 Å². The van der Waals surface area contributed by atoms with E-state index >= 15 is 0 Å². The average molecular weight is 300 g/mol. The highest BCUT2D eigenvalue weighted by Crippen LogP contribution is 2.16. The standard InChI is InChI=1S/C16H16N2O4/c19-15(10-8-14-9-11-16(22-14)18(20)21)17-12-4-7-13-5-2-1-3-6-13/h1-3,5-6,8-11H,4,7,12H2,(H,17,19). The molecule has 0 fully saturated rings. The maximum atomic E-state index is 11.6. The van der Waals surface area contributed by atoms with Gasteiger partial charge in [0.05, 0.1) is 6.07 Å². The molecule has 0 saturated carbocycles. The first-order chi connectivity index (χ1) is 10.6. The molecular formula is C16H16N2O4. The minimum atomic E-state index is -0.624. The van der Waals surface area contributed by atoms with E-state index in [4.69, 9.17) is 4.42 Å². The molecule has 1 aromatic carbocycles. The first kappa shape index (κ1) is 15.5. The summed E-state index contributed by atoms with van der Waals surface area (Å²) in [5, 5.41) is 13.2. The predicted molar refractivity (Wildman–Crippen MR) is 82.2 cm³/mol. The average Bonchev–Trinajstić information content (AvgIpc) is 3.00. The molecule has 1 N–H and O–H groups in total. The van der Waals surface area contributed by atoms with Crippen LogP contribution in [0.25, 0.3) is 6.08 Å². The Kier molecular flexibility index (Phi) is 5.48. The van der Waals surface area contributed by atoms with Gasteiger partial charge in [-0.05, 0) is 30.5 Å². The van der Waals surface area contributed by atoms with E-state index in [2.05, 4.69) is 5.32 Å². The van der Waals surface area contributed by atoms with Crippen molar-refractivity contribution in [2.45, 2.75) is 12.8 Å². The zero-order valence-corrected chi connectivity index (χ0v) is 11.9. The summed E-state index contributed by atoms with van der Waals surface area (Å²) >= 11 is 0. The number of nitro groups is 1. The van der Waals surface area contributed by atoms with Gasteiger partial charge in [0.2, 0.25) is 5.91 Å². The molecule has 1 heterocycles. The Bertz CT molecular complexity index is 662. The van der Waals surface area contributed by atoms with E-state index in [1.54, 1.807) is 0 Å². The highest BCUT2D eigenvalue weighted by atomic mass is 16.6. The molecule has 0 radical (unpaired) electrons.